The van der Waals surface area contributed by atoms with Crippen LogP contribution >= 0.6 is 0 Å². The molecule has 0 aromatic heterocycles. The second kappa shape index (κ2) is 8.23. The lowest BCUT2D eigenvalue weighted by atomic mass is 10.0. The van der Waals surface area contributed by atoms with E-state index in [-0.39, 0.29) is 17.7 Å². The van der Waals surface area contributed by atoms with Crippen LogP contribution in [0.25, 0.3) is 0 Å². The number of amides is 1. The molecule has 1 atom stereocenters. The summed E-state index contributed by atoms with van der Waals surface area (Å²) in [6.45, 7) is 2.12. The van der Waals surface area contributed by atoms with E-state index < -0.39 is 0 Å². The molecule has 0 spiro atoms. The summed E-state index contributed by atoms with van der Waals surface area (Å²) in [5.74, 6) is 0.272. The number of carbonyl (C=O) groups is 1. The first-order chi connectivity index (χ1) is 10.7. The van der Waals surface area contributed by atoms with Gasteiger partial charge in [0.05, 0.1) is 6.04 Å². The molecule has 0 fully saturated rings. The highest BCUT2D eigenvalue weighted by atomic mass is 16.3. The molecule has 3 heteroatoms. The van der Waals surface area contributed by atoms with E-state index in [9.17, 15) is 9.90 Å². The quantitative estimate of drug-likeness (QED) is 0.812. The fourth-order valence-electron chi connectivity index (χ4n) is 2.53. The Morgan fingerprint density at radius 3 is 2.45 bits per heavy atom. The van der Waals surface area contributed by atoms with Gasteiger partial charge in [-0.3, -0.25) is 4.79 Å². The third kappa shape index (κ3) is 4.62. The van der Waals surface area contributed by atoms with Gasteiger partial charge in [0.1, 0.15) is 5.75 Å². The molecule has 1 unspecified atom stereocenters. The number of phenols is 1. The van der Waals surface area contributed by atoms with Gasteiger partial charge in [0.2, 0.25) is 5.91 Å². The number of hydrogen-bond donors (Lipinski definition) is 2. The lowest BCUT2D eigenvalue weighted by Crippen LogP contribution is -2.28. The van der Waals surface area contributed by atoms with Crippen LogP contribution in [0.2, 0.25) is 0 Å². The number of aryl methyl sites for hydroxylation is 1. The molecule has 1 amide bonds. The summed E-state index contributed by atoms with van der Waals surface area (Å²) in [5, 5.41) is 12.8. The van der Waals surface area contributed by atoms with E-state index in [0.29, 0.717) is 12.8 Å². The van der Waals surface area contributed by atoms with Crippen LogP contribution in [-0.4, -0.2) is 11.0 Å². The van der Waals surface area contributed by atoms with E-state index in [1.165, 1.54) is 0 Å². The lowest BCUT2D eigenvalue weighted by Gasteiger charge is -2.18. The maximum atomic E-state index is 12.2. The molecule has 2 aromatic rings. The molecule has 2 N–H and O–H groups in total. The minimum absolute atomic E-state index is 0.0190. The molecule has 0 bridgehead atoms. The molecule has 0 heterocycles. The maximum Gasteiger partial charge on any atom is 0.220 e. The fourth-order valence-corrected chi connectivity index (χ4v) is 2.53. The summed E-state index contributed by atoms with van der Waals surface area (Å²) in [4.78, 5) is 12.2. The zero-order valence-electron chi connectivity index (χ0n) is 13.0. The van der Waals surface area contributed by atoms with E-state index in [1.54, 1.807) is 12.1 Å². The Hall–Kier alpha value is -2.29. The Bertz CT molecular complexity index is 595. The third-order valence-electron chi connectivity index (χ3n) is 3.73. The van der Waals surface area contributed by atoms with Gasteiger partial charge in [-0.1, -0.05) is 61.9 Å². The minimum Gasteiger partial charge on any atom is -0.508 e. The highest BCUT2D eigenvalue weighted by molar-refractivity contribution is 5.76. The first-order valence-electron chi connectivity index (χ1n) is 7.82. The zero-order valence-corrected chi connectivity index (χ0v) is 13.0. The SMILES string of the molecule is CCCC(NC(=O)CCc1ccccc1O)c1ccccc1. The van der Waals surface area contributed by atoms with Crippen molar-refractivity contribution in [1.29, 1.82) is 0 Å². The monoisotopic (exact) mass is 297 g/mol. The Balaban J connectivity index is 1.93. The normalized spacial score (nSPS) is 11.9. The lowest BCUT2D eigenvalue weighted by molar-refractivity contribution is -0.121. The smallest absolute Gasteiger partial charge is 0.220 e. The van der Waals surface area contributed by atoms with Crippen LogP contribution < -0.4 is 5.32 Å². The van der Waals surface area contributed by atoms with Gasteiger partial charge >= 0.3 is 0 Å². The molecule has 0 aliphatic rings. The summed E-state index contributed by atoms with van der Waals surface area (Å²) in [6.07, 6.45) is 2.86. The average molecular weight is 297 g/mol. The van der Waals surface area contributed by atoms with Crippen molar-refractivity contribution in [3.8, 4) is 5.75 Å². The number of aromatic hydroxyl groups is 1. The number of carbonyl (C=O) groups excluding carboxylic acids is 1. The van der Waals surface area contributed by atoms with Crippen LogP contribution in [-0.2, 0) is 11.2 Å². The van der Waals surface area contributed by atoms with E-state index in [1.807, 2.05) is 42.5 Å². The fraction of sp³-hybridized carbons (Fsp3) is 0.316. The van der Waals surface area contributed by atoms with Crippen molar-refractivity contribution in [3.63, 3.8) is 0 Å². The maximum absolute atomic E-state index is 12.2. The molecular weight excluding hydrogens is 274 g/mol. The Morgan fingerprint density at radius 1 is 1.09 bits per heavy atom. The molecular formula is C19H23NO2. The van der Waals surface area contributed by atoms with Gasteiger partial charge in [-0.2, -0.15) is 0 Å². The minimum atomic E-state index is 0.0190. The van der Waals surface area contributed by atoms with Gasteiger partial charge in [-0.15, -0.1) is 0 Å². The van der Waals surface area contributed by atoms with Gasteiger partial charge in [-0.05, 0) is 30.0 Å². The summed E-state index contributed by atoms with van der Waals surface area (Å²) in [7, 11) is 0. The zero-order chi connectivity index (χ0) is 15.8. The number of para-hydroxylation sites is 1. The molecule has 0 saturated carbocycles. The van der Waals surface area contributed by atoms with Gasteiger partial charge in [-0.25, -0.2) is 0 Å². The molecule has 22 heavy (non-hydrogen) atoms. The summed E-state index contributed by atoms with van der Waals surface area (Å²) in [5.41, 5.74) is 1.95. The predicted molar refractivity (Wildman–Crippen MR) is 88.7 cm³/mol. The number of nitrogens with one attached hydrogen (secondary N) is 1. The topological polar surface area (TPSA) is 49.3 Å². The molecule has 2 rings (SSSR count). The molecule has 0 aliphatic heterocycles. The van der Waals surface area contributed by atoms with Crippen LogP contribution in [0.15, 0.2) is 54.6 Å². The van der Waals surface area contributed by atoms with Crippen LogP contribution in [0, 0.1) is 0 Å². The second-order valence-electron chi connectivity index (χ2n) is 5.45. The number of phenolic OH excluding ortho intramolecular Hbond substituents is 1. The van der Waals surface area contributed by atoms with Crippen molar-refractivity contribution in [1.82, 2.24) is 5.32 Å². The molecule has 2 aromatic carbocycles. The highest BCUT2D eigenvalue weighted by Crippen LogP contribution is 2.20. The Morgan fingerprint density at radius 2 is 1.77 bits per heavy atom. The molecule has 0 radical (unpaired) electrons. The molecule has 0 aliphatic carbocycles. The molecule has 0 saturated heterocycles. The van der Waals surface area contributed by atoms with Crippen molar-refractivity contribution in [2.24, 2.45) is 0 Å². The van der Waals surface area contributed by atoms with Crippen molar-refractivity contribution < 1.29 is 9.90 Å². The van der Waals surface area contributed by atoms with Crippen LogP contribution in [0.3, 0.4) is 0 Å². The van der Waals surface area contributed by atoms with Crippen molar-refractivity contribution in [2.45, 2.75) is 38.6 Å². The largest absolute Gasteiger partial charge is 0.508 e. The summed E-state index contributed by atoms with van der Waals surface area (Å²) < 4.78 is 0. The van der Waals surface area contributed by atoms with E-state index in [4.69, 9.17) is 0 Å². The third-order valence-corrected chi connectivity index (χ3v) is 3.73. The Kier molecular flexibility index (Phi) is 6.01. The van der Waals surface area contributed by atoms with Crippen molar-refractivity contribution in [2.75, 3.05) is 0 Å². The second-order valence-corrected chi connectivity index (χ2v) is 5.45. The number of hydrogen-bond acceptors (Lipinski definition) is 2. The van der Waals surface area contributed by atoms with E-state index in [2.05, 4.69) is 12.2 Å². The summed E-state index contributed by atoms with van der Waals surface area (Å²) >= 11 is 0. The van der Waals surface area contributed by atoms with Gasteiger partial charge < -0.3 is 10.4 Å². The van der Waals surface area contributed by atoms with Crippen molar-refractivity contribution >= 4 is 5.91 Å². The van der Waals surface area contributed by atoms with E-state index >= 15 is 0 Å². The average Bonchev–Trinajstić information content (AvgIpc) is 2.54. The van der Waals surface area contributed by atoms with E-state index in [0.717, 1.165) is 24.0 Å². The summed E-state index contributed by atoms with van der Waals surface area (Å²) in [6, 6.07) is 17.3. The van der Waals surface area contributed by atoms with Crippen LogP contribution in [0.4, 0.5) is 0 Å². The first-order valence-corrected chi connectivity index (χ1v) is 7.82. The van der Waals surface area contributed by atoms with Gasteiger partial charge in [0, 0.05) is 6.42 Å². The van der Waals surface area contributed by atoms with Crippen LogP contribution in [0.1, 0.15) is 43.4 Å². The first kappa shape index (κ1) is 16.1. The van der Waals surface area contributed by atoms with Crippen molar-refractivity contribution in [3.05, 3.63) is 65.7 Å². The van der Waals surface area contributed by atoms with Gasteiger partial charge in [0.25, 0.3) is 0 Å². The number of benzene rings is 2. The predicted octanol–water partition coefficient (Wildman–Crippen LogP) is 3.98. The standard InChI is InChI=1S/C19H23NO2/c1-2-8-17(15-9-4-3-5-10-15)20-19(22)14-13-16-11-6-7-12-18(16)21/h3-7,9-12,17,21H,2,8,13-14H2,1H3,(H,20,22). The number of rotatable bonds is 7. The highest BCUT2D eigenvalue weighted by Gasteiger charge is 2.13. The van der Waals surface area contributed by atoms with Gasteiger partial charge in [0.15, 0.2) is 0 Å². The molecule has 3 nitrogen and oxygen atoms in total. The Labute approximate surface area is 132 Å². The van der Waals surface area contributed by atoms with Crippen LogP contribution in [0.5, 0.6) is 5.75 Å². The molecule has 116 valence electrons.